The summed E-state index contributed by atoms with van der Waals surface area (Å²) in [6, 6.07) is 5.39. The highest BCUT2D eigenvalue weighted by molar-refractivity contribution is 6.31. The number of aryl methyl sites for hydroxylation is 1. The minimum Gasteiger partial charge on any atom is -0.488 e. The first-order valence-corrected chi connectivity index (χ1v) is 9.22. The fraction of sp³-hybridized carbons (Fsp3) is 0.316. The summed E-state index contributed by atoms with van der Waals surface area (Å²) in [6.45, 7) is 3.78. The molecular weight excluding hydrogens is 366 g/mol. The number of rotatable bonds is 4. The van der Waals surface area contributed by atoms with Gasteiger partial charge in [0.1, 0.15) is 23.9 Å². The summed E-state index contributed by atoms with van der Waals surface area (Å²) in [6.07, 6.45) is 5.18. The molecule has 8 heteroatoms. The Bertz CT molecular complexity index is 1010. The van der Waals surface area contributed by atoms with E-state index in [9.17, 15) is 4.79 Å². The number of fused-ring (bicyclic) bond motifs is 1. The van der Waals surface area contributed by atoms with Gasteiger partial charge in [0.25, 0.3) is 0 Å². The van der Waals surface area contributed by atoms with Crippen molar-refractivity contribution in [2.45, 2.75) is 25.9 Å². The number of benzene rings is 1. The van der Waals surface area contributed by atoms with Gasteiger partial charge in [-0.15, -0.1) is 0 Å². The molecule has 0 unspecified atom stereocenters. The number of piperidine rings is 1. The third-order valence-corrected chi connectivity index (χ3v) is 4.94. The van der Waals surface area contributed by atoms with Crippen LogP contribution >= 0.6 is 11.6 Å². The van der Waals surface area contributed by atoms with Crippen LogP contribution in [0.4, 0.5) is 0 Å². The van der Waals surface area contributed by atoms with Crippen LogP contribution in [0.1, 0.15) is 28.8 Å². The van der Waals surface area contributed by atoms with Gasteiger partial charge in [0.05, 0.1) is 11.1 Å². The van der Waals surface area contributed by atoms with Gasteiger partial charge in [-0.1, -0.05) is 11.6 Å². The van der Waals surface area contributed by atoms with Gasteiger partial charge in [-0.2, -0.15) is 5.10 Å². The van der Waals surface area contributed by atoms with Crippen LogP contribution < -0.4 is 15.8 Å². The molecule has 7 nitrogen and oxygen atoms in total. The number of hydrogen-bond acceptors (Lipinski definition) is 5. The molecule has 3 N–H and O–H groups in total. The number of ether oxygens (including phenoxy) is 1. The van der Waals surface area contributed by atoms with Gasteiger partial charge in [-0.05, 0) is 50.1 Å². The van der Waals surface area contributed by atoms with Crippen molar-refractivity contribution in [3.05, 3.63) is 46.9 Å². The first-order chi connectivity index (χ1) is 13.0. The smallest absolute Gasteiger partial charge is 0.250 e. The highest BCUT2D eigenvalue weighted by Gasteiger charge is 2.21. The lowest BCUT2D eigenvalue weighted by Gasteiger charge is -2.26. The minimum absolute atomic E-state index is 0.0863. The molecule has 1 saturated heterocycles. The molecule has 3 aromatic rings. The topological polar surface area (TPSA) is 94.5 Å². The van der Waals surface area contributed by atoms with Gasteiger partial charge in [0, 0.05) is 23.3 Å². The summed E-state index contributed by atoms with van der Waals surface area (Å²) in [5.74, 6) is 0.231. The number of aromatic nitrogens is 3. The molecule has 1 aromatic carbocycles. The van der Waals surface area contributed by atoms with E-state index in [-0.39, 0.29) is 6.10 Å². The molecule has 140 valence electrons. The quantitative estimate of drug-likeness (QED) is 0.719. The third-order valence-electron chi connectivity index (χ3n) is 4.72. The molecule has 4 rings (SSSR count). The lowest BCUT2D eigenvalue weighted by molar-refractivity contribution is 0.100. The van der Waals surface area contributed by atoms with Crippen LogP contribution in [0.25, 0.3) is 16.8 Å². The predicted molar refractivity (Wildman–Crippen MR) is 103 cm³/mol. The number of carbonyl (C=O) groups is 1. The second kappa shape index (κ2) is 7.17. The van der Waals surface area contributed by atoms with Crippen molar-refractivity contribution in [2.24, 2.45) is 5.73 Å². The Balaban J connectivity index is 1.85. The Labute approximate surface area is 161 Å². The summed E-state index contributed by atoms with van der Waals surface area (Å²) in [7, 11) is 0. The second-order valence-electron chi connectivity index (χ2n) is 6.72. The average molecular weight is 386 g/mol. The van der Waals surface area contributed by atoms with Crippen molar-refractivity contribution in [3.8, 4) is 17.0 Å². The second-order valence-corrected chi connectivity index (χ2v) is 7.15. The zero-order valence-electron chi connectivity index (χ0n) is 14.9. The van der Waals surface area contributed by atoms with E-state index in [1.807, 2.05) is 19.1 Å². The van der Waals surface area contributed by atoms with Crippen molar-refractivity contribution in [3.63, 3.8) is 0 Å². The van der Waals surface area contributed by atoms with Crippen molar-refractivity contribution < 1.29 is 9.53 Å². The summed E-state index contributed by atoms with van der Waals surface area (Å²) < 4.78 is 7.94. The van der Waals surface area contributed by atoms with Gasteiger partial charge in [0.15, 0.2) is 0 Å². The van der Waals surface area contributed by atoms with Gasteiger partial charge in [-0.3, -0.25) is 4.79 Å². The standard InChI is InChI=1S/C19H20ClN5O2/c1-11-5-13(20)7-15(18(11)27-14-3-2-4-22-8-14)17-16-6-12(19(21)26)9-25(16)24-10-23-17/h5-7,9-10,14,22H,2-4,8H2,1H3,(H2,21,26)/t14-/m0/s1. The van der Waals surface area contributed by atoms with Crippen LogP contribution in [-0.2, 0) is 0 Å². The molecule has 27 heavy (non-hydrogen) atoms. The molecule has 3 heterocycles. The van der Waals surface area contributed by atoms with Gasteiger partial charge in [0.2, 0.25) is 5.91 Å². The Kier molecular flexibility index (Phi) is 4.72. The van der Waals surface area contributed by atoms with E-state index < -0.39 is 5.91 Å². The first-order valence-electron chi connectivity index (χ1n) is 8.84. The van der Waals surface area contributed by atoms with Crippen molar-refractivity contribution in [1.82, 2.24) is 19.9 Å². The van der Waals surface area contributed by atoms with Crippen LogP contribution in [0.2, 0.25) is 5.02 Å². The monoisotopic (exact) mass is 385 g/mol. The summed E-state index contributed by atoms with van der Waals surface area (Å²) >= 11 is 6.33. The third kappa shape index (κ3) is 3.48. The minimum atomic E-state index is -0.515. The maximum Gasteiger partial charge on any atom is 0.250 e. The van der Waals surface area contributed by atoms with E-state index in [0.717, 1.165) is 42.8 Å². The number of amides is 1. The van der Waals surface area contributed by atoms with E-state index >= 15 is 0 Å². The van der Waals surface area contributed by atoms with Gasteiger partial charge >= 0.3 is 0 Å². The number of halogens is 1. The van der Waals surface area contributed by atoms with E-state index in [1.54, 1.807) is 16.8 Å². The van der Waals surface area contributed by atoms with E-state index in [4.69, 9.17) is 22.1 Å². The van der Waals surface area contributed by atoms with E-state index in [2.05, 4.69) is 15.4 Å². The van der Waals surface area contributed by atoms with Crippen LogP contribution in [0.5, 0.6) is 5.75 Å². The highest BCUT2D eigenvalue weighted by Crippen LogP contribution is 2.38. The van der Waals surface area contributed by atoms with E-state index in [0.29, 0.717) is 21.8 Å². The van der Waals surface area contributed by atoms with E-state index in [1.165, 1.54) is 6.33 Å². The molecule has 0 bridgehead atoms. The van der Waals surface area contributed by atoms with Crippen LogP contribution in [0.3, 0.4) is 0 Å². The Morgan fingerprint density at radius 1 is 1.41 bits per heavy atom. The SMILES string of the molecule is Cc1cc(Cl)cc(-c2ncnn3cc(C(N)=O)cc23)c1O[C@H]1CCCNC1. The molecule has 0 spiro atoms. The van der Waals surface area contributed by atoms with Gasteiger partial charge < -0.3 is 15.8 Å². The first kappa shape index (κ1) is 17.8. The van der Waals surface area contributed by atoms with Crippen molar-refractivity contribution in [1.29, 1.82) is 0 Å². The summed E-state index contributed by atoms with van der Waals surface area (Å²) in [5.41, 5.74) is 8.79. The fourth-order valence-corrected chi connectivity index (χ4v) is 3.69. The van der Waals surface area contributed by atoms with Crippen molar-refractivity contribution in [2.75, 3.05) is 13.1 Å². The number of nitrogens with one attached hydrogen (secondary N) is 1. The molecule has 1 aliphatic heterocycles. The number of primary amides is 1. The van der Waals surface area contributed by atoms with Crippen LogP contribution in [0, 0.1) is 6.92 Å². The highest BCUT2D eigenvalue weighted by atomic mass is 35.5. The fourth-order valence-electron chi connectivity index (χ4n) is 3.42. The zero-order valence-corrected chi connectivity index (χ0v) is 15.7. The lowest BCUT2D eigenvalue weighted by Crippen LogP contribution is -2.37. The molecule has 1 atom stereocenters. The number of hydrogen-bond donors (Lipinski definition) is 2. The predicted octanol–water partition coefficient (Wildman–Crippen LogP) is 2.59. The molecule has 2 aromatic heterocycles. The number of nitrogens with zero attached hydrogens (tertiary/aromatic N) is 3. The van der Waals surface area contributed by atoms with Crippen LogP contribution in [-0.4, -0.2) is 39.7 Å². The molecule has 0 radical (unpaired) electrons. The number of carbonyl (C=O) groups excluding carboxylic acids is 1. The van der Waals surface area contributed by atoms with Crippen molar-refractivity contribution >= 4 is 23.0 Å². The molecule has 1 aliphatic rings. The van der Waals surface area contributed by atoms with Crippen LogP contribution in [0.15, 0.2) is 30.7 Å². The lowest BCUT2D eigenvalue weighted by atomic mass is 10.0. The molecule has 1 amide bonds. The maximum absolute atomic E-state index is 11.6. The Morgan fingerprint density at radius 2 is 2.26 bits per heavy atom. The molecule has 0 saturated carbocycles. The number of nitrogens with two attached hydrogens (primary N) is 1. The molecule has 0 aliphatic carbocycles. The maximum atomic E-state index is 11.6. The Morgan fingerprint density at radius 3 is 3.00 bits per heavy atom. The molecule has 1 fully saturated rings. The normalized spacial score (nSPS) is 17.2. The Hall–Kier alpha value is -2.64. The summed E-state index contributed by atoms with van der Waals surface area (Å²) in [5, 5.41) is 8.13. The zero-order chi connectivity index (χ0) is 19.0. The average Bonchev–Trinajstić information content (AvgIpc) is 3.09. The summed E-state index contributed by atoms with van der Waals surface area (Å²) in [4.78, 5) is 16.0. The van der Waals surface area contributed by atoms with Gasteiger partial charge in [-0.25, -0.2) is 9.50 Å². The molecular formula is C19H20ClN5O2. The largest absolute Gasteiger partial charge is 0.488 e.